The van der Waals surface area contributed by atoms with Crippen LogP contribution in [0.25, 0.3) is 0 Å². The molecule has 80 valence electrons. The van der Waals surface area contributed by atoms with Crippen LogP contribution in [-0.2, 0) is 9.47 Å². The molecule has 1 saturated heterocycles. The Morgan fingerprint density at radius 2 is 1.93 bits per heavy atom. The molecule has 2 aliphatic rings. The van der Waals surface area contributed by atoms with Crippen LogP contribution in [0, 0.1) is 0 Å². The van der Waals surface area contributed by atoms with E-state index in [9.17, 15) is 4.79 Å². The van der Waals surface area contributed by atoms with Crippen LogP contribution in [0.15, 0.2) is 0 Å². The zero-order chi connectivity index (χ0) is 9.97. The fraction of sp³-hybridized carbons (Fsp3) is 0.900. The lowest BCUT2D eigenvalue weighted by atomic mass is 10.2. The summed E-state index contributed by atoms with van der Waals surface area (Å²) in [6.07, 6.45) is 3.82. The van der Waals surface area contributed by atoms with E-state index in [1.54, 1.807) is 4.90 Å². The van der Waals surface area contributed by atoms with E-state index in [1.165, 1.54) is 0 Å². The van der Waals surface area contributed by atoms with Crippen molar-refractivity contribution in [2.24, 2.45) is 0 Å². The first-order chi connectivity index (χ1) is 6.77. The molecule has 0 atom stereocenters. The number of hydrogen-bond donors (Lipinski definition) is 0. The first-order valence-corrected chi connectivity index (χ1v) is 5.28. The molecule has 14 heavy (non-hydrogen) atoms. The molecule has 1 aliphatic carbocycles. The maximum absolute atomic E-state index is 11.6. The molecule has 0 radical (unpaired) electrons. The Hall–Kier alpha value is -0.770. The summed E-state index contributed by atoms with van der Waals surface area (Å²) in [6, 6.07) is 0.433. The van der Waals surface area contributed by atoms with Crippen molar-refractivity contribution in [2.45, 2.75) is 37.8 Å². The maximum Gasteiger partial charge on any atom is 0.410 e. The first-order valence-electron chi connectivity index (χ1n) is 5.28. The first kappa shape index (κ1) is 9.77. The van der Waals surface area contributed by atoms with Gasteiger partial charge in [0.25, 0.3) is 0 Å². The molecule has 0 aromatic carbocycles. The lowest BCUT2D eigenvalue weighted by Gasteiger charge is -2.25. The van der Waals surface area contributed by atoms with Crippen molar-refractivity contribution in [2.75, 3.05) is 20.3 Å². The number of amides is 1. The van der Waals surface area contributed by atoms with Gasteiger partial charge in [0.2, 0.25) is 0 Å². The highest BCUT2D eigenvalue weighted by atomic mass is 16.6. The summed E-state index contributed by atoms with van der Waals surface area (Å²) in [5, 5.41) is 0. The number of nitrogens with zero attached hydrogens (tertiary/aromatic N) is 1. The minimum Gasteiger partial charge on any atom is -0.446 e. The van der Waals surface area contributed by atoms with E-state index in [0.717, 1.165) is 25.7 Å². The number of carbonyl (C=O) groups excluding carboxylic acids is 1. The molecule has 1 aliphatic heterocycles. The highest BCUT2D eigenvalue weighted by molar-refractivity contribution is 5.68. The second-order valence-corrected chi connectivity index (χ2v) is 4.04. The number of rotatable bonds is 2. The summed E-state index contributed by atoms with van der Waals surface area (Å²) >= 11 is 0. The van der Waals surface area contributed by atoms with E-state index >= 15 is 0 Å². The van der Waals surface area contributed by atoms with Gasteiger partial charge in [0.15, 0.2) is 0 Å². The lowest BCUT2D eigenvalue weighted by molar-refractivity contribution is -0.00865. The van der Waals surface area contributed by atoms with Crippen molar-refractivity contribution >= 4 is 6.09 Å². The normalized spacial score (nSPS) is 23.2. The van der Waals surface area contributed by atoms with Gasteiger partial charge in [-0.1, -0.05) is 0 Å². The molecular formula is C10H17NO3. The highest BCUT2D eigenvalue weighted by Crippen LogP contribution is 2.26. The average molecular weight is 199 g/mol. The molecule has 2 rings (SSSR count). The predicted octanol–water partition coefficient (Wildman–Crippen LogP) is 1.40. The van der Waals surface area contributed by atoms with Crippen molar-refractivity contribution in [1.82, 2.24) is 4.90 Å². The Labute approximate surface area is 84.2 Å². The Kier molecular flexibility index (Phi) is 2.91. The summed E-state index contributed by atoms with van der Waals surface area (Å²) in [5.41, 5.74) is 0. The highest BCUT2D eigenvalue weighted by Gasteiger charge is 2.31. The summed E-state index contributed by atoms with van der Waals surface area (Å²) in [7, 11) is 1.82. The maximum atomic E-state index is 11.6. The SMILES string of the molecule is CN(C(=O)OC1CCOCC1)C1CC1. The van der Waals surface area contributed by atoms with Crippen molar-refractivity contribution in [3.8, 4) is 0 Å². The minimum absolute atomic E-state index is 0.0671. The Morgan fingerprint density at radius 1 is 1.29 bits per heavy atom. The molecule has 0 bridgehead atoms. The largest absolute Gasteiger partial charge is 0.446 e. The van der Waals surface area contributed by atoms with Gasteiger partial charge in [-0.05, 0) is 12.8 Å². The molecule has 4 heteroatoms. The summed E-state index contributed by atoms with van der Waals surface area (Å²) in [5.74, 6) is 0. The monoisotopic (exact) mass is 199 g/mol. The molecular weight excluding hydrogens is 182 g/mol. The van der Waals surface area contributed by atoms with E-state index < -0.39 is 0 Å². The predicted molar refractivity (Wildman–Crippen MR) is 51.1 cm³/mol. The molecule has 0 N–H and O–H groups in total. The molecule has 0 aromatic heterocycles. The van der Waals surface area contributed by atoms with Crippen LogP contribution in [-0.4, -0.2) is 43.4 Å². The quantitative estimate of drug-likeness (QED) is 0.674. The van der Waals surface area contributed by atoms with E-state index in [0.29, 0.717) is 19.3 Å². The molecule has 0 aromatic rings. The molecule has 4 nitrogen and oxygen atoms in total. The van der Waals surface area contributed by atoms with E-state index in [2.05, 4.69) is 0 Å². The van der Waals surface area contributed by atoms with E-state index in [4.69, 9.17) is 9.47 Å². The summed E-state index contributed by atoms with van der Waals surface area (Å²) < 4.78 is 10.6. The van der Waals surface area contributed by atoms with Gasteiger partial charge in [0, 0.05) is 25.9 Å². The number of ether oxygens (including phenoxy) is 2. The van der Waals surface area contributed by atoms with Gasteiger partial charge in [-0.25, -0.2) is 4.79 Å². The lowest BCUT2D eigenvalue weighted by Crippen LogP contribution is -2.34. The molecule has 1 amide bonds. The molecule has 0 unspecified atom stereocenters. The fourth-order valence-corrected chi connectivity index (χ4v) is 1.63. The Morgan fingerprint density at radius 3 is 2.50 bits per heavy atom. The van der Waals surface area contributed by atoms with Gasteiger partial charge in [0.05, 0.1) is 13.2 Å². The van der Waals surface area contributed by atoms with Crippen LogP contribution in [0.2, 0.25) is 0 Å². The third-order valence-corrected chi connectivity index (χ3v) is 2.82. The molecule has 1 saturated carbocycles. The van der Waals surface area contributed by atoms with Crippen LogP contribution in [0.1, 0.15) is 25.7 Å². The van der Waals surface area contributed by atoms with Crippen LogP contribution >= 0.6 is 0 Å². The molecule has 0 spiro atoms. The van der Waals surface area contributed by atoms with Gasteiger partial charge in [-0.15, -0.1) is 0 Å². The van der Waals surface area contributed by atoms with E-state index in [-0.39, 0.29) is 12.2 Å². The van der Waals surface area contributed by atoms with Crippen LogP contribution in [0.5, 0.6) is 0 Å². The summed E-state index contributed by atoms with van der Waals surface area (Å²) in [4.78, 5) is 13.3. The standard InChI is InChI=1S/C10H17NO3/c1-11(8-2-3-8)10(12)14-9-4-6-13-7-5-9/h8-9H,2-7H2,1H3. The number of hydrogen-bond acceptors (Lipinski definition) is 3. The van der Waals surface area contributed by atoms with Crippen molar-refractivity contribution < 1.29 is 14.3 Å². The second-order valence-electron chi connectivity index (χ2n) is 4.04. The van der Waals surface area contributed by atoms with E-state index in [1.807, 2.05) is 7.05 Å². The molecule has 2 fully saturated rings. The number of carbonyl (C=O) groups is 1. The third-order valence-electron chi connectivity index (χ3n) is 2.82. The van der Waals surface area contributed by atoms with Crippen LogP contribution in [0.3, 0.4) is 0 Å². The van der Waals surface area contributed by atoms with Crippen molar-refractivity contribution in [3.05, 3.63) is 0 Å². The van der Waals surface area contributed by atoms with Gasteiger partial charge in [-0.3, -0.25) is 0 Å². The second kappa shape index (κ2) is 4.17. The minimum atomic E-state index is -0.167. The Bertz CT molecular complexity index is 209. The van der Waals surface area contributed by atoms with Gasteiger partial charge >= 0.3 is 6.09 Å². The molecule has 1 heterocycles. The third kappa shape index (κ3) is 2.38. The fourth-order valence-electron chi connectivity index (χ4n) is 1.63. The van der Waals surface area contributed by atoms with Gasteiger partial charge in [-0.2, -0.15) is 0 Å². The van der Waals surface area contributed by atoms with Crippen LogP contribution in [0.4, 0.5) is 4.79 Å². The zero-order valence-corrected chi connectivity index (χ0v) is 8.57. The topological polar surface area (TPSA) is 38.8 Å². The zero-order valence-electron chi connectivity index (χ0n) is 8.57. The Balaban J connectivity index is 1.74. The van der Waals surface area contributed by atoms with Crippen molar-refractivity contribution in [1.29, 1.82) is 0 Å². The van der Waals surface area contributed by atoms with Crippen molar-refractivity contribution in [3.63, 3.8) is 0 Å². The smallest absolute Gasteiger partial charge is 0.410 e. The van der Waals surface area contributed by atoms with Crippen LogP contribution < -0.4 is 0 Å². The average Bonchev–Trinajstić information content (AvgIpc) is 3.01. The summed E-state index contributed by atoms with van der Waals surface area (Å²) in [6.45, 7) is 1.43. The van der Waals surface area contributed by atoms with Gasteiger partial charge < -0.3 is 14.4 Å². The van der Waals surface area contributed by atoms with Gasteiger partial charge in [0.1, 0.15) is 6.10 Å².